The van der Waals surface area contributed by atoms with E-state index >= 15 is 0 Å². The Morgan fingerprint density at radius 3 is 1.47 bits per heavy atom. The van der Waals surface area contributed by atoms with Crippen LogP contribution in [0.25, 0.3) is 20.9 Å². The number of aliphatic carboxylic acids is 1. The molecule has 0 rings (SSSR count). The molecular weight excluding hydrogens is 1150 g/mol. The van der Waals surface area contributed by atoms with Crippen LogP contribution in [0.4, 0.5) is 0 Å². The summed E-state index contributed by atoms with van der Waals surface area (Å²) in [7, 11) is 7.98. The third-order valence-corrected chi connectivity index (χ3v) is 11.4. The molecule has 0 aromatic heterocycles. The fourth-order valence-electron chi connectivity index (χ4n) is 5.81. The van der Waals surface area contributed by atoms with Crippen LogP contribution in [0, 0.1) is 11.8 Å². The van der Waals surface area contributed by atoms with Gasteiger partial charge in [-0.05, 0) is 82.5 Å². The van der Waals surface area contributed by atoms with E-state index in [1.807, 2.05) is 34.9 Å². The predicted octanol–water partition coefficient (Wildman–Crippen LogP) is 4.46. The lowest BCUT2D eigenvalue weighted by Crippen LogP contribution is -3.06. The minimum Gasteiger partial charge on any atom is -0.544 e. The maximum absolute atomic E-state index is 12.5. The standard InChI is InChI=1S/C23H44N4O8S.C17H31N3O6.C6H11BrO2.C4H11NS.ClH/c1-27(2,20-22(29)30)9-19-36-18-5-7-21(6-3-4-10-28)23(31)35-17-16-34-15-14-33-13-12-32-11-8-25-26-24;1-2-5-16(6-3-4-8-21)17(22)26-15-14-25-13-12-24-11-10-23-9-7-19-20-18;1-6(2,3)9-5(8)4-7;1-5(2)3-4-6;/h21,28H,3-20H2,1-2H3;2,16,21H,1,3-15H2;4H2,1-3H3;6H,3-4H2,1-2H3;1H/p+1. The molecule has 0 saturated carbocycles. The number of ether oxygens (including phenoxy) is 9. The van der Waals surface area contributed by atoms with Gasteiger partial charge in [0.1, 0.15) is 30.7 Å². The minimum absolute atomic E-state index is 0. The second-order valence-electron chi connectivity index (χ2n) is 18.6. The zero-order chi connectivity index (χ0) is 58.7. The van der Waals surface area contributed by atoms with Crippen molar-refractivity contribution < 1.29 is 86.5 Å². The number of thioether (sulfide) groups is 1. The number of hydrogen-bond donors (Lipinski definition) is 4. The number of rotatable bonds is 48. The number of alkyl halides is 1. The number of unbranched alkanes of at least 4 members (excludes halogenated alkanes) is 2. The molecule has 0 radical (unpaired) electrons. The fourth-order valence-corrected chi connectivity index (χ4v) is 7.57. The Morgan fingerprint density at radius 1 is 0.718 bits per heavy atom. The van der Waals surface area contributed by atoms with Crippen molar-refractivity contribution in [3.8, 4) is 0 Å². The summed E-state index contributed by atoms with van der Waals surface area (Å²) in [6.45, 7) is 16.9. The molecular formula is C50H99BrClN8O16S2+. The molecule has 0 spiro atoms. The number of azide groups is 2. The molecule has 0 aromatic rings. The number of esters is 3. The van der Waals surface area contributed by atoms with Crippen LogP contribution in [0.1, 0.15) is 78.6 Å². The average molecular weight is 1250 g/mol. The van der Waals surface area contributed by atoms with E-state index in [1.54, 1.807) is 17.8 Å². The van der Waals surface area contributed by atoms with Crippen molar-refractivity contribution in [2.75, 3.05) is 189 Å². The van der Waals surface area contributed by atoms with Crippen molar-refractivity contribution in [2.45, 2.75) is 84.2 Å². The van der Waals surface area contributed by atoms with E-state index in [2.05, 4.69) is 69.3 Å². The van der Waals surface area contributed by atoms with Crippen LogP contribution in [0.2, 0.25) is 0 Å². The van der Waals surface area contributed by atoms with E-state index in [0.717, 1.165) is 49.6 Å². The van der Waals surface area contributed by atoms with Gasteiger partial charge in [0.2, 0.25) is 0 Å². The van der Waals surface area contributed by atoms with Gasteiger partial charge in [-0.2, -0.15) is 24.4 Å². The van der Waals surface area contributed by atoms with Crippen molar-refractivity contribution in [3.63, 3.8) is 0 Å². The SMILES string of the molecule is C=CCC(CCCCO)C(=O)OCCOCCOCCOCCN=[N+]=[N-].CC(C)(C)OC(=O)CBr.C[N+](C)(CCSCCCC(CCCCO)C(=O)OCCOCCOCCOCCN=[N+]=[N-])CC(=O)[O-].C[NH+](C)CCS.Cl. The molecule has 0 aliphatic carbocycles. The summed E-state index contributed by atoms with van der Waals surface area (Å²) in [4.78, 5) is 52.5. The number of halogens is 2. The second-order valence-corrected chi connectivity index (χ2v) is 20.9. The van der Waals surface area contributed by atoms with Crippen molar-refractivity contribution in [1.82, 2.24) is 0 Å². The number of thiol groups is 1. The molecule has 0 aliphatic heterocycles. The highest BCUT2D eigenvalue weighted by atomic mass is 79.9. The topological polar surface area (TPSA) is 317 Å². The molecule has 0 heterocycles. The molecule has 0 bridgehead atoms. The summed E-state index contributed by atoms with van der Waals surface area (Å²) < 4.78 is 47.7. The Morgan fingerprint density at radius 2 is 1.13 bits per heavy atom. The quantitative estimate of drug-likeness (QED) is 0.00624. The van der Waals surface area contributed by atoms with E-state index in [1.165, 1.54) is 4.90 Å². The van der Waals surface area contributed by atoms with E-state index in [-0.39, 0.29) is 92.7 Å². The number of carbonyl (C=O) groups is 4. The molecule has 0 aliphatic rings. The molecule has 2 unspecified atom stereocenters. The maximum Gasteiger partial charge on any atom is 0.317 e. The number of nitrogens with zero attached hydrogens (tertiary/aromatic N) is 7. The number of likely N-dealkylation sites (N-methyl/N-ethyl adjacent to an activating group) is 1. The molecule has 0 amide bonds. The highest BCUT2D eigenvalue weighted by molar-refractivity contribution is 9.09. The van der Waals surface area contributed by atoms with E-state index < -0.39 is 5.97 Å². The first-order valence-corrected chi connectivity index (χ1v) is 29.1. The summed E-state index contributed by atoms with van der Waals surface area (Å²) in [5.74, 6) is 0.552. The highest BCUT2D eigenvalue weighted by Crippen LogP contribution is 2.19. The van der Waals surface area contributed by atoms with E-state index in [0.29, 0.717) is 129 Å². The zero-order valence-corrected chi connectivity index (χ0v) is 52.0. The van der Waals surface area contributed by atoms with Gasteiger partial charge in [-0.1, -0.05) is 45.1 Å². The first kappa shape index (κ1) is 84.1. The Labute approximate surface area is 489 Å². The van der Waals surface area contributed by atoms with Gasteiger partial charge in [0.15, 0.2) is 0 Å². The van der Waals surface area contributed by atoms with Gasteiger partial charge in [0, 0.05) is 47.6 Å². The number of carboxylic acids is 1. The Kier molecular flexibility index (Phi) is 68.5. The summed E-state index contributed by atoms with van der Waals surface area (Å²) in [5.41, 5.74) is 15.9. The summed E-state index contributed by atoms with van der Waals surface area (Å²) in [6, 6.07) is 0. The largest absolute Gasteiger partial charge is 0.544 e. The lowest BCUT2D eigenvalue weighted by Gasteiger charge is -2.29. The first-order valence-electron chi connectivity index (χ1n) is 26.2. The molecule has 78 heavy (non-hydrogen) atoms. The number of quaternary nitrogens is 2. The number of nitrogens with one attached hydrogen (secondary N) is 1. The molecule has 28 heteroatoms. The van der Waals surface area contributed by atoms with Gasteiger partial charge in [0.25, 0.3) is 0 Å². The van der Waals surface area contributed by atoms with Crippen molar-refractivity contribution in [1.29, 1.82) is 0 Å². The van der Waals surface area contributed by atoms with Crippen LogP contribution < -0.4 is 10.0 Å². The number of hydrogen-bond acceptors (Lipinski definition) is 20. The van der Waals surface area contributed by atoms with Gasteiger partial charge in [-0.3, -0.25) is 14.4 Å². The average Bonchev–Trinajstić information content (AvgIpc) is 3.36. The number of allylic oxidation sites excluding steroid dienone is 1. The van der Waals surface area contributed by atoms with Gasteiger partial charge >= 0.3 is 17.9 Å². The Balaban J connectivity index is -0.000000365. The number of aliphatic hydroxyl groups is 2. The van der Waals surface area contributed by atoms with E-state index in [4.69, 9.17) is 63.9 Å². The van der Waals surface area contributed by atoms with Crippen LogP contribution in [0.15, 0.2) is 22.9 Å². The molecule has 460 valence electrons. The summed E-state index contributed by atoms with van der Waals surface area (Å²) in [6.07, 6.45) is 8.12. The normalized spacial score (nSPS) is 11.5. The van der Waals surface area contributed by atoms with E-state index in [9.17, 15) is 24.3 Å². The van der Waals surface area contributed by atoms with Gasteiger partial charge in [0.05, 0.1) is 138 Å². The Hall–Kier alpha value is -2.69. The van der Waals surface area contributed by atoms with Crippen LogP contribution >= 0.6 is 52.7 Å². The first-order chi connectivity index (χ1) is 36.8. The summed E-state index contributed by atoms with van der Waals surface area (Å²) in [5, 5.41) is 35.6. The van der Waals surface area contributed by atoms with Crippen LogP contribution in [0.5, 0.6) is 0 Å². The van der Waals surface area contributed by atoms with Crippen molar-refractivity contribution in [2.24, 2.45) is 22.1 Å². The van der Waals surface area contributed by atoms with Crippen LogP contribution in [-0.2, 0) is 61.8 Å². The molecule has 2 atom stereocenters. The third-order valence-electron chi connectivity index (χ3n) is 9.65. The Bertz CT molecular complexity index is 1520. The fraction of sp³-hybridized carbons (Fsp3) is 0.880. The number of carboxylic acid groups (broad SMARTS) is 1. The minimum atomic E-state index is -1.05. The second kappa shape index (κ2) is 63.5. The molecule has 0 fully saturated rings. The highest BCUT2D eigenvalue weighted by Gasteiger charge is 2.21. The maximum atomic E-state index is 12.5. The molecule has 0 aromatic carbocycles. The number of aliphatic hydroxyl groups excluding tert-OH is 2. The molecule has 0 saturated heterocycles. The van der Waals surface area contributed by atoms with Gasteiger partial charge < -0.3 is 72.1 Å². The lowest BCUT2D eigenvalue weighted by atomic mass is 9.97. The third kappa shape index (κ3) is 71.3. The molecule has 24 nitrogen and oxygen atoms in total. The smallest absolute Gasteiger partial charge is 0.317 e. The zero-order valence-electron chi connectivity index (χ0n) is 47.9. The summed E-state index contributed by atoms with van der Waals surface area (Å²) >= 11 is 8.78. The lowest BCUT2D eigenvalue weighted by molar-refractivity contribution is -0.882. The van der Waals surface area contributed by atoms with Crippen LogP contribution in [-0.4, -0.2) is 233 Å². The molecule has 3 N–H and O–H groups in total. The van der Waals surface area contributed by atoms with Gasteiger partial charge in [-0.25, -0.2) is 0 Å². The monoisotopic (exact) mass is 1250 g/mol. The number of carbonyl (C=O) groups excluding carboxylic acids is 4. The van der Waals surface area contributed by atoms with Gasteiger partial charge in [-0.15, -0.1) is 19.0 Å². The van der Waals surface area contributed by atoms with Crippen molar-refractivity contribution >= 4 is 76.6 Å². The van der Waals surface area contributed by atoms with Crippen LogP contribution in [0.3, 0.4) is 0 Å². The predicted molar refractivity (Wildman–Crippen MR) is 310 cm³/mol. The van der Waals surface area contributed by atoms with Crippen molar-refractivity contribution in [3.05, 3.63) is 33.5 Å².